The number of methoxy groups -OCH3 is 2. The normalized spacial score (nSPS) is 10.3. The number of hydrogen-bond acceptors (Lipinski definition) is 3. The van der Waals surface area contributed by atoms with Gasteiger partial charge in [0.05, 0.1) is 20.6 Å². The third-order valence-corrected chi connectivity index (χ3v) is 3.92. The first-order chi connectivity index (χ1) is 11.0. The maximum absolute atomic E-state index is 12.1. The number of rotatable bonds is 6. The lowest BCUT2D eigenvalue weighted by atomic mass is 10.1. The highest BCUT2D eigenvalue weighted by atomic mass is 35.5. The van der Waals surface area contributed by atoms with E-state index < -0.39 is 0 Å². The van der Waals surface area contributed by atoms with Crippen LogP contribution in [-0.4, -0.2) is 20.1 Å². The van der Waals surface area contributed by atoms with E-state index in [9.17, 15) is 4.79 Å². The first-order valence-electron chi connectivity index (χ1n) is 6.95. The predicted octanol–water partition coefficient (Wildman–Crippen LogP) is 3.87. The summed E-state index contributed by atoms with van der Waals surface area (Å²) in [6.07, 6.45) is 0.183. The second-order valence-electron chi connectivity index (χ2n) is 4.87. The summed E-state index contributed by atoms with van der Waals surface area (Å²) >= 11 is 11.9. The van der Waals surface area contributed by atoms with Crippen LogP contribution in [-0.2, 0) is 17.8 Å². The lowest BCUT2D eigenvalue weighted by Gasteiger charge is -2.12. The van der Waals surface area contributed by atoms with Crippen LogP contribution in [0, 0.1) is 0 Å². The number of carbonyl (C=O) groups is 1. The molecule has 1 N–H and O–H groups in total. The summed E-state index contributed by atoms with van der Waals surface area (Å²) in [5.74, 6) is 1.26. The minimum absolute atomic E-state index is 0.140. The molecular formula is C17H17Cl2NO3. The van der Waals surface area contributed by atoms with E-state index in [1.807, 2.05) is 6.07 Å². The van der Waals surface area contributed by atoms with Gasteiger partial charge in [0, 0.05) is 22.2 Å². The summed E-state index contributed by atoms with van der Waals surface area (Å²) < 4.78 is 10.5. The smallest absolute Gasteiger partial charge is 0.224 e. The average molecular weight is 354 g/mol. The van der Waals surface area contributed by atoms with E-state index in [0.29, 0.717) is 28.1 Å². The highest BCUT2D eigenvalue weighted by Gasteiger charge is 2.10. The molecule has 0 aliphatic carbocycles. The standard InChI is InChI=1S/C17H17Cl2NO3/c1-22-14-5-6-16(23-2)12(7-14)10-20-17(21)8-11-3-4-13(18)9-15(11)19/h3-7,9H,8,10H2,1-2H3,(H,20,21). The van der Waals surface area contributed by atoms with Gasteiger partial charge in [0.25, 0.3) is 0 Å². The van der Waals surface area contributed by atoms with Gasteiger partial charge in [-0.05, 0) is 35.9 Å². The number of hydrogen-bond donors (Lipinski definition) is 1. The summed E-state index contributed by atoms with van der Waals surface area (Å²) in [6.45, 7) is 0.338. The van der Waals surface area contributed by atoms with E-state index in [1.54, 1.807) is 44.6 Å². The Hall–Kier alpha value is -1.91. The predicted molar refractivity (Wildman–Crippen MR) is 91.6 cm³/mol. The van der Waals surface area contributed by atoms with Crippen LogP contribution in [0.5, 0.6) is 11.5 Å². The second kappa shape index (κ2) is 8.09. The molecule has 2 aromatic rings. The highest BCUT2D eigenvalue weighted by Crippen LogP contribution is 2.24. The molecule has 0 fully saturated rings. The zero-order valence-electron chi connectivity index (χ0n) is 12.9. The Morgan fingerprint density at radius 2 is 1.83 bits per heavy atom. The molecule has 2 rings (SSSR count). The number of ether oxygens (including phenoxy) is 2. The Labute approximate surface area is 145 Å². The monoisotopic (exact) mass is 353 g/mol. The molecule has 0 aromatic heterocycles. The van der Waals surface area contributed by atoms with Crippen molar-refractivity contribution < 1.29 is 14.3 Å². The molecule has 0 saturated carbocycles. The SMILES string of the molecule is COc1ccc(OC)c(CNC(=O)Cc2ccc(Cl)cc2Cl)c1. The van der Waals surface area contributed by atoms with Crippen LogP contribution < -0.4 is 14.8 Å². The van der Waals surface area contributed by atoms with Crippen LogP contribution in [0.2, 0.25) is 10.0 Å². The van der Waals surface area contributed by atoms with Crippen molar-refractivity contribution in [3.63, 3.8) is 0 Å². The zero-order chi connectivity index (χ0) is 16.8. The van der Waals surface area contributed by atoms with Gasteiger partial charge in [-0.15, -0.1) is 0 Å². The van der Waals surface area contributed by atoms with E-state index in [1.165, 1.54) is 0 Å². The van der Waals surface area contributed by atoms with Crippen LogP contribution >= 0.6 is 23.2 Å². The van der Waals surface area contributed by atoms with Gasteiger partial charge in [-0.2, -0.15) is 0 Å². The molecule has 0 heterocycles. The number of halogens is 2. The number of carbonyl (C=O) groups excluding carboxylic acids is 1. The molecule has 0 spiro atoms. The first kappa shape index (κ1) is 17.4. The molecule has 0 unspecified atom stereocenters. The lowest BCUT2D eigenvalue weighted by Crippen LogP contribution is -2.25. The molecule has 0 aliphatic heterocycles. The Morgan fingerprint density at radius 3 is 2.48 bits per heavy atom. The largest absolute Gasteiger partial charge is 0.497 e. The molecule has 0 atom stereocenters. The minimum Gasteiger partial charge on any atom is -0.497 e. The maximum atomic E-state index is 12.1. The van der Waals surface area contributed by atoms with Gasteiger partial charge in [0.2, 0.25) is 5.91 Å². The van der Waals surface area contributed by atoms with Crippen molar-refractivity contribution in [3.05, 3.63) is 57.6 Å². The molecule has 0 aliphatic rings. The summed E-state index contributed by atoms with van der Waals surface area (Å²) in [4.78, 5) is 12.1. The molecule has 0 radical (unpaired) electrons. The molecule has 0 bridgehead atoms. The Bertz CT molecular complexity index is 704. The van der Waals surface area contributed by atoms with E-state index in [4.69, 9.17) is 32.7 Å². The lowest BCUT2D eigenvalue weighted by molar-refractivity contribution is -0.120. The van der Waals surface area contributed by atoms with Gasteiger partial charge in [-0.1, -0.05) is 29.3 Å². The number of nitrogens with one attached hydrogen (secondary N) is 1. The fourth-order valence-electron chi connectivity index (χ4n) is 2.11. The Kier molecular flexibility index (Phi) is 6.13. The summed E-state index contributed by atoms with van der Waals surface area (Å²) in [6, 6.07) is 10.5. The second-order valence-corrected chi connectivity index (χ2v) is 5.71. The van der Waals surface area contributed by atoms with Crippen molar-refractivity contribution in [2.45, 2.75) is 13.0 Å². The molecule has 4 nitrogen and oxygen atoms in total. The number of amides is 1. The van der Waals surface area contributed by atoms with Crippen molar-refractivity contribution in [1.82, 2.24) is 5.32 Å². The molecule has 1 amide bonds. The quantitative estimate of drug-likeness (QED) is 0.857. The van der Waals surface area contributed by atoms with E-state index in [2.05, 4.69) is 5.32 Å². The van der Waals surface area contributed by atoms with Gasteiger partial charge >= 0.3 is 0 Å². The summed E-state index contributed by atoms with van der Waals surface area (Å²) in [5.41, 5.74) is 1.56. The van der Waals surface area contributed by atoms with Crippen molar-refractivity contribution in [2.75, 3.05) is 14.2 Å². The summed E-state index contributed by atoms with van der Waals surface area (Å²) in [5, 5.41) is 3.87. The molecule has 122 valence electrons. The van der Waals surface area contributed by atoms with Crippen molar-refractivity contribution in [1.29, 1.82) is 0 Å². The van der Waals surface area contributed by atoms with Gasteiger partial charge in [-0.3, -0.25) is 4.79 Å². The van der Waals surface area contributed by atoms with Crippen LogP contribution in [0.3, 0.4) is 0 Å². The maximum Gasteiger partial charge on any atom is 0.224 e. The van der Waals surface area contributed by atoms with Gasteiger partial charge in [0.1, 0.15) is 11.5 Å². The van der Waals surface area contributed by atoms with E-state index in [-0.39, 0.29) is 12.3 Å². The van der Waals surface area contributed by atoms with Crippen LogP contribution in [0.4, 0.5) is 0 Å². The average Bonchev–Trinajstić information content (AvgIpc) is 2.55. The molecule has 23 heavy (non-hydrogen) atoms. The van der Waals surface area contributed by atoms with Crippen LogP contribution in [0.1, 0.15) is 11.1 Å². The van der Waals surface area contributed by atoms with Crippen LogP contribution in [0.25, 0.3) is 0 Å². The Morgan fingerprint density at radius 1 is 1.04 bits per heavy atom. The van der Waals surface area contributed by atoms with Gasteiger partial charge in [0.15, 0.2) is 0 Å². The molecule has 2 aromatic carbocycles. The van der Waals surface area contributed by atoms with Gasteiger partial charge < -0.3 is 14.8 Å². The molecular weight excluding hydrogens is 337 g/mol. The van der Waals surface area contributed by atoms with Gasteiger partial charge in [-0.25, -0.2) is 0 Å². The molecule has 0 saturated heterocycles. The summed E-state index contributed by atoms with van der Waals surface area (Å²) in [7, 11) is 3.17. The highest BCUT2D eigenvalue weighted by molar-refractivity contribution is 6.35. The Balaban J connectivity index is 2.01. The van der Waals surface area contributed by atoms with Crippen molar-refractivity contribution in [3.8, 4) is 11.5 Å². The van der Waals surface area contributed by atoms with E-state index in [0.717, 1.165) is 11.1 Å². The van der Waals surface area contributed by atoms with Crippen molar-refractivity contribution >= 4 is 29.1 Å². The third kappa shape index (κ3) is 4.78. The van der Waals surface area contributed by atoms with Crippen LogP contribution in [0.15, 0.2) is 36.4 Å². The third-order valence-electron chi connectivity index (χ3n) is 3.33. The van der Waals surface area contributed by atoms with Crippen molar-refractivity contribution in [2.24, 2.45) is 0 Å². The minimum atomic E-state index is -0.140. The fraction of sp³-hybridized carbons (Fsp3) is 0.235. The fourth-order valence-corrected chi connectivity index (χ4v) is 2.59. The first-order valence-corrected chi connectivity index (χ1v) is 7.70. The molecule has 6 heteroatoms. The van der Waals surface area contributed by atoms with E-state index >= 15 is 0 Å². The zero-order valence-corrected chi connectivity index (χ0v) is 14.4. The topological polar surface area (TPSA) is 47.6 Å². The number of benzene rings is 2.